The second kappa shape index (κ2) is 11.8. The smallest absolute Gasteiger partial charge is 0.191 e. The van der Waals surface area contributed by atoms with Crippen molar-refractivity contribution >= 4 is 5.96 Å². The van der Waals surface area contributed by atoms with E-state index in [1.807, 2.05) is 6.07 Å². The normalized spacial score (nSPS) is 12.2. The first-order chi connectivity index (χ1) is 12.5. The maximum Gasteiger partial charge on any atom is 0.191 e. The molecular weight excluding hydrogens is 326 g/mol. The largest absolute Gasteiger partial charge is 0.496 e. The predicted octanol–water partition coefficient (Wildman–Crippen LogP) is 3.29. The predicted molar refractivity (Wildman–Crippen MR) is 110 cm³/mol. The van der Waals surface area contributed by atoms with Crippen LogP contribution < -0.4 is 15.4 Å². The van der Waals surface area contributed by atoms with E-state index in [0.29, 0.717) is 0 Å². The number of nitrogens with zero attached hydrogens (tertiary/aromatic N) is 1. The van der Waals surface area contributed by atoms with Crippen molar-refractivity contribution in [2.24, 2.45) is 10.4 Å². The van der Waals surface area contributed by atoms with Crippen molar-refractivity contribution in [1.29, 1.82) is 0 Å². The van der Waals surface area contributed by atoms with Gasteiger partial charge < -0.3 is 20.5 Å². The minimum atomic E-state index is 0.0802. The molecule has 1 aromatic carbocycles. The van der Waals surface area contributed by atoms with Gasteiger partial charge in [-0.25, -0.2) is 0 Å². The lowest BCUT2D eigenvalue weighted by molar-refractivity contribution is 0.175. The Bertz CT molecular complexity index is 554. The first-order valence-corrected chi connectivity index (χ1v) is 9.80. The first kappa shape index (κ1) is 22.3. The van der Waals surface area contributed by atoms with E-state index in [2.05, 4.69) is 50.5 Å². The highest BCUT2D eigenvalue weighted by Crippen LogP contribution is 2.30. The molecule has 0 aromatic heterocycles. The molecule has 1 rings (SSSR count). The van der Waals surface area contributed by atoms with Crippen molar-refractivity contribution in [1.82, 2.24) is 10.6 Å². The molecular formula is C21H37N3O2. The summed E-state index contributed by atoms with van der Waals surface area (Å²) < 4.78 is 5.46. The van der Waals surface area contributed by atoms with Crippen molar-refractivity contribution < 1.29 is 9.84 Å². The number of guanidine groups is 1. The van der Waals surface area contributed by atoms with E-state index in [1.165, 1.54) is 11.1 Å². The van der Waals surface area contributed by atoms with Crippen LogP contribution in [0.2, 0.25) is 0 Å². The van der Waals surface area contributed by atoms with Crippen LogP contribution in [0, 0.1) is 12.3 Å². The number of hydrogen-bond donors (Lipinski definition) is 3. The second-order valence-corrected chi connectivity index (χ2v) is 6.87. The SMILES string of the molecule is CCNC(=NCC(CC)(CC)CCO)NCCc1cc(C)ccc1OC. The standard InChI is InChI=1S/C21H37N3O2/c1-6-21(7-2,12-14-25)16-24-20(22-8-3)23-13-11-18-15-17(4)9-10-19(18)26-5/h9-10,15,25H,6-8,11-14,16H2,1-5H3,(H2,22,23,24). The van der Waals surface area contributed by atoms with E-state index in [9.17, 15) is 5.11 Å². The van der Waals surface area contributed by atoms with Crippen LogP contribution in [0.4, 0.5) is 0 Å². The van der Waals surface area contributed by atoms with Gasteiger partial charge in [0, 0.05) is 26.2 Å². The number of aliphatic imine (C=N–C) groups is 1. The Morgan fingerprint density at radius 1 is 1.19 bits per heavy atom. The van der Waals surface area contributed by atoms with Gasteiger partial charge in [0.15, 0.2) is 5.96 Å². The number of hydrogen-bond acceptors (Lipinski definition) is 3. The van der Waals surface area contributed by atoms with Crippen LogP contribution in [-0.2, 0) is 6.42 Å². The van der Waals surface area contributed by atoms with Crippen LogP contribution in [0.5, 0.6) is 5.75 Å². The molecule has 0 heterocycles. The fourth-order valence-electron chi connectivity index (χ4n) is 3.15. The maximum atomic E-state index is 9.38. The van der Waals surface area contributed by atoms with Crippen LogP contribution in [0.15, 0.2) is 23.2 Å². The topological polar surface area (TPSA) is 65.9 Å². The van der Waals surface area contributed by atoms with Crippen LogP contribution in [-0.4, -0.2) is 44.4 Å². The Morgan fingerprint density at radius 3 is 2.50 bits per heavy atom. The molecule has 148 valence electrons. The highest BCUT2D eigenvalue weighted by molar-refractivity contribution is 5.79. The number of aliphatic hydroxyl groups excluding tert-OH is 1. The maximum absolute atomic E-state index is 9.38. The summed E-state index contributed by atoms with van der Waals surface area (Å²) in [5, 5.41) is 16.1. The molecule has 0 unspecified atom stereocenters. The summed E-state index contributed by atoms with van der Waals surface area (Å²) in [6.45, 7) is 11.1. The number of aliphatic hydroxyl groups is 1. The number of rotatable bonds is 11. The highest BCUT2D eigenvalue weighted by atomic mass is 16.5. The van der Waals surface area contributed by atoms with Crippen LogP contribution in [0.25, 0.3) is 0 Å². The molecule has 0 radical (unpaired) electrons. The minimum Gasteiger partial charge on any atom is -0.496 e. The van der Waals surface area contributed by atoms with Crippen molar-refractivity contribution in [2.75, 3.05) is 33.4 Å². The average molecular weight is 364 g/mol. The van der Waals surface area contributed by atoms with E-state index in [4.69, 9.17) is 9.73 Å². The lowest BCUT2D eigenvalue weighted by atomic mass is 9.79. The molecule has 26 heavy (non-hydrogen) atoms. The summed E-state index contributed by atoms with van der Waals surface area (Å²) in [5.74, 6) is 1.77. The van der Waals surface area contributed by atoms with E-state index in [1.54, 1.807) is 7.11 Å². The second-order valence-electron chi connectivity index (χ2n) is 6.87. The average Bonchev–Trinajstić information content (AvgIpc) is 2.65. The van der Waals surface area contributed by atoms with E-state index < -0.39 is 0 Å². The quantitative estimate of drug-likeness (QED) is 0.417. The van der Waals surface area contributed by atoms with Crippen LogP contribution >= 0.6 is 0 Å². The van der Waals surface area contributed by atoms with Gasteiger partial charge in [0.25, 0.3) is 0 Å². The van der Waals surface area contributed by atoms with Crippen molar-refractivity contribution in [3.63, 3.8) is 0 Å². The molecule has 0 spiro atoms. The van der Waals surface area contributed by atoms with Crippen LogP contribution in [0.1, 0.15) is 51.2 Å². The van der Waals surface area contributed by atoms with Gasteiger partial charge in [-0.2, -0.15) is 0 Å². The van der Waals surface area contributed by atoms with E-state index in [-0.39, 0.29) is 12.0 Å². The number of benzene rings is 1. The summed E-state index contributed by atoms with van der Waals surface area (Å²) in [7, 11) is 1.71. The Hall–Kier alpha value is -1.75. The van der Waals surface area contributed by atoms with Crippen molar-refractivity contribution in [3.8, 4) is 5.75 Å². The molecule has 0 aliphatic heterocycles. The Kier molecular flexibility index (Phi) is 10.1. The molecule has 0 atom stereocenters. The van der Waals surface area contributed by atoms with Gasteiger partial charge in [0.2, 0.25) is 0 Å². The zero-order valence-electron chi connectivity index (χ0n) is 17.2. The molecule has 5 heteroatoms. The highest BCUT2D eigenvalue weighted by Gasteiger charge is 2.25. The lowest BCUT2D eigenvalue weighted by Gasteiger charge is -2.29. The first-order valence-electron chi connectivity index (χ1n) is 9.80. The fourth-order valence-corrected chi connectivity index (χ4v) is 3.15. The number of nitrogens with one attached hydrogen (secondary N) is 2. The molecule has 0 saturated heterocycles. The molecule has 0 aliphatic rings. The summed E-state index contributed by atoms with van der Waals surface area (Å²) in [6, 6.07) is 6.26. The number of aryl methyl sites for hydroxylation is 1. The molecule has 0 fully saturated rings. The van der Waals surface area contributed by atoms with Gasteiger partial charge in [-0.1, -0.05) is 31.5 Å². The zero-order valence-corrected chi connectivity index (χ0v) is 17.2. The zero-order chi connectivity index (χ0) is 19.4. The van der Waals surface area contributed by atoms with Gasteiger partial charge >= 0.3 is 0 Å². The van der Waals surface area contributed by atoms with E-state index in [0.717, 1.165) is 57.0 Å². The monoisotopic (exact) mass is 363 g/mol. The van der Waals surface area contributed by atoms with Crippen molar-refractivity contribution in [3.05, 3.63) is 29.3 Å². The van der Waals surface area contributed by atoms with Crippen LogP contribution in [0.3, 0.4) is 0 Å². The molecule has 0 bridgehead atoms. The number of ether oxygens (including phenoxy) is 1. The van der Waals surface area contributed by atoms with Gasteiger partial charge in [-0.15, -0.1) is 0 Å². The number of methoxy groups -OCH3 is 1. The summed E-state index contributed by atoms with van der Waals surface area (Å²) >= 11 is 0. The third kappa shape index (κ3) is 6.87. The minimum absolute atomic E-state index is 0.0802. The molecule has 0 aliphatic carbocycles. The lowest BCUT2D eigenvalue weighted by Crippen LogP contribution is -2.39. The Balaban J connectivity index is 2.72. The third-order valence-electron chi connectivity index (χ3n) is 5.18. The Labute approximate surface area is 159 Å². The van der Waals surface area contributed by atoms with Gasteiger partial charge in [-0.05, 0) is 56.6 Å². The van der Waals surface area contributed by atoms with E-state index >= 15 is 0 Å². The third-order valence-corrected chi connectivity index (χ3v) is 5.18. The Morgan fingerprint density at radius 2 is 1.92 bits per heavy atom. The molecule has 0 amide bonds. The summed E-state index contributed by atoms with van der Waals surface area (Å²) in [5.41, 5.74) is 2.52. The fraction of sp³-hybridized carbons (Fsp3) is 0.667. The molecule has 3 N–H and O–H groups in total. The van der Waals surface area contributed by atoms with Gasteiger partial charge in [0.1, 0.15) is 5.75 Å². The van der Waals surface area contributed by atoms with Crippen molar-refractivity contribution in [2.45, 2.75) is 53.4 Å². The van der Waals surface area contributed by atoms with Gasteiger partial charge in [-0.3, -0.25) is 4.99 Å². The summed E-state index contributed by atoms with van der Waals surface area (Å²) in [6.07, 6.45) is 3.71. The molecule has 1 aromatic rings. The molecule has 5 nitrogen and oxygen atoms in total. The summed E-state index contributed by atoms with van der Waals surface area (Å²) in [4.78, 5) is 4.79. The molecule has 0 saturated carbocycles. The van der Waals surface area contributed by atoms with Gasteiger partial charge in [0.05, 0.1) is 7.11 Å².